The first-order chi connectivity index (χ1) is 6.69. The molecule has 5 heteroatoms. The minimum Gasteiger partial charge on any atom is -0.479 e. The topological polar surface area (TPSA) is 72.3 Å². The lowest BCUT2D eigenvalue weighted by Gasteiger charge is -2.05. The average Bonchev–Trinajstić information content (AvgIpc) is 2.17. The van der Waals surface area contributed by atoms with Gasteiger partial charge >= 0.3 is 12.0 Å². The molecule has 0 aliphatic heterocycles. The molecule has 76 valence electrons. The Morgan fingerprint density at radius 3 is 2.86 bits per heavy atom. The first-order valence-corrected chi connectivity index (χ1v) is 4.41. The number of carbonyl (C=O) groups is 1. The van der Waals surface area contributed by atoms with Crippen LogP contribution < -0.4 is 0 Å². The van der Waals surface area contributed by atoms with E-state index in [0.29, 0.717) is 24.3 Å². The van der Waals surface area contributed by atoms with Gasteiger partial charge in [0.25, 0.3) is 0 Å². The number of nitrogens with zero attached hydrogens (tertiary/aromatic N) is 2. The number of ether oxygens (including phenoxy) is 1. The van der Waals surface area contributed by atoms with Gasteiger partial charge in [0.15, 0.2) is 0 Å². The predicted molar refractivity (Wildman–Crippen MR) is 49.0 cm³/mol. The molecule has 1 aromatic heterocycles. The zero-order chi connectivity index (χ0) is 10.6. The van der Waals surface area contributed by atoms with Crippen molar-refractivity contribution in [1.29, 1.82) is 0 Å². The van der Waals surface area contributed by atoms with Crippen molar-refractivity contribution >= 4 is 5.97 Å². The Labute approximate surface area is 81.8 Å². The largest absolute Gasteiger partial charge is 0.479 e. The quantitative estimate of drug-likeness (QED) is 0.728. The Morgan fingerprint density at radius 2 is 2.29 bits per heavy atom. The van der Waals surface area contributed by atoms with Crippen molar-refractivity contribution in [2.45, 2.75) is 20.3 Å². The van der Waals surface area contributed by atoms with E-state index in [-0.39, 0.29) is 6.01 Å². The van der Waals surface area contributed by atoms with Gasteiger partial charge in [-0.3, -0.25) is 0 Å². The number of aromatic nitrogens is 2. The van der Waals surface area contributed by atoms with Gasteiger partial charge < -0.3 is 9.84 Å². The maximum atomic E-state index is 11.4. The molecular weight excluding hydrogens is 184 g/mol. The molecule has 0 atom stereocenters. The molecule has 0 spiro atoms. The summed E-state index contributed by atoms with van der Waals surface area (Å²) in [5.41, 5.74) is 0.808. The Bertz CT molecular complexity index is 339. The van der Waals surface area contributed by atoms with Crippen LogP contribution in [-0.2, 0) is 11.2 Å². The van der Waals surface area contributed by atoms with E-state index in [1.165, 1.54) is 6.20 Å². The summed E-state index contributed by atoms with van der Waals surface area (Å²) in [5, 5.41) is 9.01. The summed E-state index contributed by atoms with van der Waals surface area (Å²) in [4.78, 5) is 18.6. The van der Waals surface area contributed by atoms with Crippen molar-refractivity contribution < 1.29 is 14.6 Å². The Balaban J connectivity index is 3.01. The van der Waals surface area contributed by atoms with Gasteiger partial charge in [0.05, 0.1) is 17.9 Å². The molecule has 1 rings (SSSR count). The smallest absolute Gasteiger partial charge is 0.341 e. The molecule has 14 heavy (non-hydrogen) atoms. The van der Waals surface area contributed by atoms with Crippen molar-refractivity contribution in [3.8, 4) is 6.01 Å². The Morgan fingerprint density at radius 1 is 1.57 bits per heavy atom. The van der Waals surface area contributed by atoms with E-state index in [1.54, 1.807) is 6.92 Å². The normalized spacial score (nSPS) is 9.86. The minimum absolute atomic E-state index is 0.308. The van der Waals surface area contributed by atoms with Gasteiger partial charge in [-0.15, -0.1) is 0 Å². The summed E-state index contributed by atoms with van der Waals surface area (Å²) >= 11 is 0. The van der Waals surface area contributed by atoms with Gasteiger partial charge in [0, 0.05) is 6.20 Å². The van der Waals surface area contributed by atoms with Crippen LogP contribution in [0.3, 0.4) is 0 Å². The predicted octanol–water partition coefficient (Wildman–Crippen LogP) is 0.921. The third-order valence-corrected chi connectivity index (χ3v) is 1.69. The molecule has 1 N–H and O–H groups in total. The fraction of sp³-hybridized carbons (Fsp3) is 0.444. The molecule has 1 heterocycles. The third-order valence-electron chi connectivity index (χ3n) is 1.69. The molecule has 0 fully saturated rings. The van der Waals surface area contributed by atoms with E-state index in [9.17, 15) is 4.79 Å². The van der Waals surface area contributed by atoms with E-state index in [2.05, 4.69) is 9.97 Å². The SMILES string of the molecule is CCOC(=O)c1cnc(O)nc1CC. The summed E-state index contributed by atoms with van der Waals surface area (Å²) in [5.74, 6) is -0.454. The highest BCUT2D eigenvalue weighted by Crippen LogP contribution is 2.10. The maximum absolute atomic E-state index is 11.4. The summed E-state index contributed by atoms with van der Waals surface area (Å²) in [6, 6.07) is -0.324. The minimum atomic E-state index is -0.454. The maximum Gasteiger partial charge on any atom is 0.341 e. The number of aromatic hydroxyl groups is 1. The number of hydrogen-bond donors (Lipinski definition) is 1. The van der Waals surface area contributed by atoms with Gasteiger partial charge in [-0.05, 0) is 13.3 Å². The highest BCUT2D eigenvalue weighted by atomic mass is 16.5. The molecule has 0 saturated heterocycles. The molecule has 0 aromatic carbocycles. The second-order valence-electron chi connectivity index (χ2n) is 2.60. The van der Waals surface area contributed by atoms with E-state index in [0.717, 1.165) is 0 Å². The fourth-order valence-corrected chi connectivity index (χ4v) is 1.06. The summed E-state index contributed by atoms with van der Waals surface area (Å²) < 4.78 is 4.81. The van der Waals surface area contributed by atoms with Gasteiger partial charge in [-0.25, -0.2) is 9.78 Å². The van der Waals surface area contributed by atoms with Gasteiger partial charge in [-0.1, -0.05) is 6.92 Å². The zero-order valence-corrected chi connectivity index (χ0v) is 8.15. The highest BCUT2D eigenvalue weighted by Gasteiger charge is 2.13. The van der Waals surface area contributed by atoms with E-state index in [1.807, 2.05) is 6.92 Å². The second-order valence-corrected chi connectivity index (χ2v) is 2.60. The molecule has 0 radical (unpaired) electrons. The standard InChI is InChI=1S/C9H12N2O3/c1-3-7-6(8(12)14-4-2)5-10-9(13)11-7/h5H,3-4H2,1-2H3,(H,10,11,13). The average molecular weight is 196 g/mol. The van der Waals surface area contributed by atoms with Crippen LogP contribution in [0, 0.1) is 0 Å². The third kappa shape index (κ3) is 2.18. The van der Waals surface area contributed by atoms with Crippen LogP contribution in [0.4, 0.5) is 0 Å². The molecule has 0 saturated carbocycles. The van der Waals surface area contributed by atoms with Crippen LogP contribution in [0.15, 0.2) is 6.20 Å². The lowest BCUT2D eigenvalue weighted by atomic mass is 10.2. The first-order valence-electron chi connectivity index (χ1n) is 4.41. The van der Waals surface area contributed by atoms with Crippen LogP contribution in [0.1, 0.15) is 29.9 Å². The van der Waals surface area contributed by atoms with Crippen molar-refractivity contribution in [2.24, 2.45) is 0 Å². The molecule has 5 nitrogen and oxygen atoms in total. The molecule has 0 aliphatic rings. The van der Waals surface area contributed by atoms with Crippen molar-refractivity contribution in [2.75, 3.05) is 6.61 Å². The van der Waals surface area contributed by atoms with Crippen molar-refractivity contribution in [3.05, 3.63) is 17.5 Å². The van der Waals surface area contributed by atoms with E-state index in [4.69, 9.17) is 9.84 Å². The molecule has 0 aliphatic carbocycles. The first kappa shape index (κ1) is 10.4. The molecule has 0 unspecified atom stereocenters. The number of aryl methyl sites for hydroxylation is 1. The summed E-state index contributed by atoms with van der Waals surface area (Å²) in [6.07, 6.45) is 1.82. The fourth-order valence-electron chi connectivity index (χ4n) is 1.06. The van der Waals surface area contributed by atoms with Crippen LogP contribution in [-0.4, -0.2) is 27.7 Å². The number of carbonyl (C=O) groups excluding carboxylic acids is 1. The lowest BCUT2D eigenvalue weighted by molar-refractivity contribution is 0.0524. The van der Waals surface area contributed by atoms with Crippen LogP contribution in [0.25, 0.3) is 0 Å². The molecule has 1 aromatic rings. The second kappa shape index (κ2) is 4.55. The van der Waals surface area contributed by atoms with Gasteiger partial charge in [0.2, 0.25) is 0 Å². The molecule has 0 amide bonds. The number of rotatable bonds is 3. The van der Waals surface area contributed by atoms with Crippen LogP contribution in [0.5, 0.6) is 6.01 Å². The van der Waals surface area contributed by atoms with Crippen LogP contribution in [0.2, 0.25) is 0 Å². The van der Waals surface area contributed by atoms with E-state index < -0.39 is 5.97 Å². The van der Waals surface area contributed by atoms with Gasteiger partial charge in [-0.2, -0.15) is 4.98 Å². The molecular formula is C9H12N2O3. The number of esters is 1. The molecule has 0 bridgehead atoms. The monoisotopic (exact) mass is 196 g/mol. The lowest BCUT2D eigenvalue weighted by Crippen LogP contribution is -2.09. The van der Waals surface area contributed by atoms with Gasteiger partial charge in [0.1, 0.15) is 0 Å². The van der Waals surface area contributed by atoms with E-state index >= 15 is 0 Å². The summed E-state index contributed by atoms with van der Waals surface area (Å²) in [7, 11) is 0. The zero-order valence-electron chi connectivity index (χ0n) is 8.15. The highest BCUT2D eigenvalue weighted by molar-refractivity contribution is 5.90. The van der Waals surface area contributed by atoms with Crippen molar-refractivity contribution in [3.63, 3.8) is 0 Å². The Hall–Kier alpha value is -1.65. The number of hydrogen-bond acceptors (Lipinski definition) is 5. The van der Waals surface area contributed by atoms with Crippen molar-refractivity contribution in [1.82, 2.24) is 9.97 Å². The Kier molecular flexibility index (Phi) is 3.39. The summed E-state index contributed by atoms with van der Waals surface area (Å²) in [6.45, 7) is 3.87. The van der Waals surface area contributed by atoms with Crippen LogP contribution >= 0.6 is 0 Å².